The van der Waals surface area contributed by atoms with Gasteiger partial charge >= 0.3 is 0 Å². The summed E-state index contributed by atoms with van der Waals surface area (Å²) in [7, 11) is 0. The summed E-state index contributed by atoms with van der Waals surface area (Å²) in [6.45, 7) is 8.49. The Kier molecular flexibility index (Phi) is 5.80. The topological polar surface area (TPSA) is 41.1 Å². The van der Waals surface area contributed by atoms with Gasteiger partial charge in [-0.05, 0) is 55.3 Å². The highest BCUT2D eigenvalue weighted by Crippen LogP contribution is 2.25. The third kappa shape index (κ3) is 4.31. The van der Waals surface area contributed by atoms with Crippen molar-refractivity contribution < 1.29 is 4.79 Å². The van der Waals surface area contributed by atoms with Crippen LogP contribution in [0, 0.1) is 5.92 Å². The smallest absolute Gasteiger partial charge is 0.251 e. The molecule has 3 nitrogen and oxygen atoms in total. The highest BCUT2D eigenvalue weighted by Gasteiger charge is 2.19. The van der Waals surface area contributed by atoms with Crippen LogP contribution in [-0.4, -0.2) is 19.0 Å². The van der Waals surface area contributed by atoms with Gasteiger partial charge in [0.2, 0.25) is 0 Å². The fraction of sp³-hybridized carbons (Fsp3) is 0.611. The zero-order valence-electron chi connectivity index (χ0n) is 13.5. The first-order valence-electron chi connectivity index (χ1n) is 8.26. The molecule has 1 aromatic carbocycles. The van der Waals surface area contributed by atoms with Gasteiger partial charge in [0, 0.05) is 18.2 Å². The van der Waals surface area contributed by atoms with E-state index in [-0.39, 0.29) is 5.91 Å². The van der Waals surface area contributed by atoms with Crippen molar-refractivity contribution in [1.82, 2.24) is 10.6 Å². The first kappa shape index (κ1) is 16.0. The number of amides is 1. The van der Waals surface area contributed by atoms with E-state index in [1.165, 1.54) is 17.5 Å². The number of carbonyl (C=O) groups is 1. The lowest BCUT2D eigenvalue weighted by atomic mass is 9.92. The normalized spacial score (nSPS) is 15.7. The summed E-state index contributed by atoms with van der Waals surface area (Å²) >= 11 is 0. The van der Waals surface area contributed by atoms with E-state index in [4.69, 9.17) is 0 Å². The minimum atomic E-state index is 0.0798. The average molecular weight is 288 g/mol. The maximum Gasteiger partial charge on any atom is 0.251 e. The molecule has 2 N–H and O–H groups in total. The van der Waals surface area contributed by atoms with Crippen molar-refractivity contribution in [3.63, 3.8) is 0 Å². The predicted octanol–water partition coefficient (Wildman–Crippen LogP) is 3.45. The maximum absolute atomic E-state index is 12.0. The van der Waals surface area contributed by atoms with Gasteiger partial charge in [-0.25, -0.2) is 0 Å². The molecule has 0 fully saturated rings. The van der Waals surface area contributed by atoms with Crippen molar-refractivity contribution in [3.05, 3.63) is 34.9 Å². The lowest BCUT2D eigenvalue weighted by molar-refractivity contribution is 0.0946. The lowest BCUT2D eigenvalue weighted by Crippen LogP contribution is -2.32. The third-order valence-corrected chi connectivity index (χ3v) is 4.13. The molecule has 1 aromatic rings. The molecular formula is C18H28N2O. The molecule has 3 heteroatoms. The Hall–Kier alpha value is -1.35. The van der Waals surface area contributed by atoms with Gasteiger partial charge in [-0.2, -0.15) is 0 Å². The van der Waals surface area contributed by atoms with Crippen LogP contribution < -0.4 is 10.6 Å². The Morgan fingerprint density at radius 1 is 1.29 bits per heavy atom. The van der Waals surface area contributed by atoms with Crippen LogP contribution in [0.1, 0.15) is 67.6 Å². The fourth-order valence-corrected chi connectivity index (χ4v) is 2.85. The number of hydrogen-bond acceptors (Lipinski definition) is 2. The highest BCUT2D eigenvalue weighted by molar-refractivity contribution is 5.96. The van der Waals surface area contributed by atoms with Gasteiger partial charge in [0.05, 0.1) is 0 Å². The summed E-state index contributed by atoms with van der Waals surface area (Å²) in [6.07, 6.45) is 4.40. The van der Waals surface area contributed by atoms with E-state index < -0.39 is 0 Å². The first-order valence-corrected chi connectivity index (χ1v) is 8.26. The van der Waals surface area contributed by atoms with Crippen LogP contribution in [0.2, 0.25) is 0 Å². The van der Waals surface area contributed by atoms with E-state index in [0.29, 0.717) is 12.0 Å². The minimum absolute atomic E-state index is 0.0798. The number of rotatable bonds is 7. The second-order valence-corrected chi connectivity index (χ2v) is 6.40. The number of hydrogen-bond donors (Lipinski definition) is 2. The molecule has 1 atom stereocenters. The van der Waals surface area contributed by atoms with E-state index in [2.05, 4.69) is 49.6 Å². The molecule has 0 aromatic heterocycles. The molecule has 1 aliphatic rings. The molecule has 0 bridgehead atoms. The lowest BCUT2D eigenvalue weighted by Gasteiger charge is -2.23. The number of benzene rings is 1. The van der Waals surface area contributed by atoms with Crippen LogP contribution in [0.25, 0.3) is 0 Å². The van der Waals surface area contributed by atoms with Crippen molar-refractivity contribution in [2.24, 2.45) is 5.92 Å². The Balaban J connectivity index is 2.18. The summed E-state index contributed by atoms with van der Waals surface area (Å²) in [4.78, 5) is 12.0. The first-order chi connectivity index (χ1) is 10.1. The van der Waals surface area contributed by atoms with Gasteiger partial charge in [-0.15, -0.1) is 0 Å². The fourth-order valence-electron chi connectivity index (χ4n) is 2.85. The summed E-state index contributed by atoms with van der Waals surface area (Å²) in [5.41, 5.74) is 3.30. The molecular weight excluding hydrogens is 260 g/mol. The van der Waals surface area contributed by atoms with Gasteiger partial charge in [0.1, 0.15) is 0 Å². The Labute approximate surface area is 128 Å². The van der Waals surface area contributed by atoms with Crippen LogP contribution in [0.5, 0.6) is 0 Å². The summed E-state index contributed by atoms with van der Waals surface area (Å²) in [6, 6.07) is 6.79. The van der Waals surface area contributed by atoms with Crippen LogP contribution in [0.15, 0.2) is 18.2 Å². The van der Waals surface area contributed by atoms with Crippen LogP contribution >= 0.6 is 0 Å². The van der Waals surface area contributed by atoms with Crippen molar-refractivity contribution in [2.75, 3.05) is 13.1 Å². The Morgan fingerprint density at radius 3 is 2.81 bits per heavy atom. The van der Waals surface area contributed by atoms with E-state index in [1.807, 2.05) is 0 Å². The summed E-state index contributed by atoms with van der Waals surface area (Å²) < 4.78 is 0. The van der Waals surface area contributed by atoms with E-state index in [1.54, 1.807) is 0 Å². The average Bonchev–Trinajstić information content (AvgIpc) is 2.47. The molecule has 2 rings (SSSR count). The second-order valence-electron chi connectivity index (χ2n) is 6.40. The molecule has 1 aliphatic heterocycles. The van der Waals surface area contributed by atoms with Gasteiger partial charge < -0.3 is 10.6 Å². The quantitative estimate of drug-likeness (QED) is 0.807. The van der Waals surface area contributed by atoms with Crippen molar-refractivity contribution >= 4 is 5.91 Å². The SMILES string of the molecule is CCCNC(CCC(C)C)c1ccc2c(c1)C(=O)NCC2. The van der Waals surface area contributed by atoms with E-state index in [0.717, 1.165) is 37.9 Å². The van der Waals surface area contributed by atoms with Crippen LogP contribution in [0.4, 0.5) is 0 Å². The number of carbonyl (C=O) groups excluding carboxylic acids is 1. The molecule has 21 heavy (non-hydrogen) atoms. The second kappa shape index (κ2) is 7.60. The van der Waals surface area contributed by atoms with Crippen LogP contribution in [0.3, 0.4) is 0 Å². The zero-order valence-corrected chi connectivity index (χ0v) is 13.5. The van der Waals surface area contributed by atoms with Crippen LogP contribution in [-0.2, 0) is 6.42 Å². The largest absolute Gasteiger partial charge is 0.352 e. The zero-order chi connectivity index (χ0) is 15.2. The molecule has 1 amide bonds. The number of fused-ring (bicyclic) bond motifs is 1. The standard InChI is InChI=1S/C18H28N2O/c1-4-10-19-17(8-5-13(2)3)15-7-6-14-9-11-20-18(21)16(14)12-15/h6-7,12-13,17,19H,4-5,8-11H2,1-3H3,(H,20,21). The van der Waals surface area contributed by atoms with Gasteiger partial charge in [0.15, 0.2) is 0 Å². The van der Waals surface area contributed by atoms with Crippen molar-refractivity contribution in [1.29, 1.82) is 0 Å². The molecule has 116 valence electrons. The van der Waals surface area contributed by atoms with Gasteiger partial charge in [-0.3, -0.25) is 4.79 Å². The molecule has 0 spiro atoms. The van der Waals surface area contributed by atoms with Gasteiger partial charge in [-0.1, -0.05) is 32.9 Å². The van der Waals surface area contributed by atoms with Gasteiger partial charge in [0.25, 0.3) is 5.91 Å². The summed E-state index contributed by atoms with van der Waals surface area (Å²) in [5.74, 6) is 0.785. The molecule has 1 heterocycles. The molecule has 0 saturated heterocycles. The van der Waals surface area contributed by atoms with E-state index in [9.17, 15) is 4.79 Å². The van der Waals surface area contributed by atoms with Crippen molar-refractivity contribution in [2.45, 2.75) is 52.5 Å². The van der Waals surface area contributed by atoms with Crippen molar-refractivity contribution in [3.8, 4) is 0 Å². The van der Waals surface area contributed by atoms with E-state index >= 15 is 0 Å². The Bertz CT molecular complexity index is 482. The Morgan fingerprint density at radius 2 is 2.10 bits per heavy atom. The predicted molar refractivity (Wildman–Crippen MR) is 87.6 cm³/mol. The minimum Gasteiger partial charge on any atom is -0.352 e. The number of nitrogens with one attached hydrogen (secondary N) is 2. The monoisotopic (exact) mass is 288 g/mol. The molecule has 0 saturated carbocycles. The molecule has 0 aliphatic carbocycles. The third-order valence-electron chi connectivity index (χ3n) is 4.13. The highest BCUT2D eigenvalue weighted by atomic mass is 16.1. The molecule has 0 radical (unpaired) electrons. The maximum atomic E-state index is 12.0. The molecule has 1 unspecified atom stereocenters. The summed E-state index contributed by atoms with van der Waals surface area (Å²) in [5, 5.41) is 6.57.